The van der Waals surface area contributed by atoms with Gasteiger partial charge in [-0.15, -0.1) is 0 Å². The van der Waals surface area contributed by atoms with Crippen LogP contribution in [0.2, 0.25) is 0 Å². The minimum absolute atomic E-state index is 0.00851. The van der Waals surface area contributed by atoms with E-state index >= 15 is 0 Å². The summed E-state index contributed by atoms with van der Waals surface area (Å²) >= 11 is 0. The zero-order valence-corrected chi connectivity index (χ0v) is 14.1. The van der Waals surface area contributed by atoms with Crippen LogP contribution in [-0.2, 0) is 15.0 Å². The van der Waals surface area contributed by atoms with Crippen molar-refractivity contribution in [2.24, 2.45) is 5.92 Å². The molecule has 1 aromatic rings. The summed E-state index contributed by atoms with van der Waals surface area (Å²) in [4.78, 5) is 25.6. The molecule has 0 radical (unpaired) electrons. The predicted octanol–water partition coefficient (Wildman–Crippen LogP) is 2.48. The minimum atomic E-state index is -0.490. The van der Waals surface area contributed by atoms with Gasteiger partial charge in [0.25, 0.3) is 0 Å². The Hall–Kier alpha value is -1.91. The molecule has 1 aromatic carbocycles. The summed E-state index contributed by atoms with van der Waals surface area (Å²) in [6.07, 6.45) is 1.63. The summed E-state index contributed by atoms with van der Waals surface area (Å²) in [5, 5.41) is 2.93. The number of hydrogen-bond donors (Lipinski definition) is 1. The molecule has 1 atom stereocenters. The van der Waals surface area contributed by atoms with Gasteiger partial charge in [0.15, 0.2) is 0 Å². The van der Waals surface area contributed by atoms with Crippen molar-refractivity contribution in [3.05, 3.63) is 35.6 Å². The highest BCUT2D eigenvalue weighted by Crippen LogP contribution is 2.25. The van der Waals surface area contributed by atoms with Gasteiger partial charge in [-0.3, -0.25) is 9.59 Å². The Morgan fingerprint density at radius 1 is 1.35 bits per heavy atom. The van der Waals surface area contributed by atoms with Crippen LogP contribution in [0, 0.1) is 11.7 Å². The molecular formula is C18H25FN2O2. The van der Waals surface area contributed by atoms with Crippen LogP contribution in [0.1, 0.15) is 39.2 Å². The molecule has 4 nitrogen and oxygen atoms in total. The molecule has 1 aliphatic rings. The first-order valence-corrected chi connectivity index (χ1v) is 8.09. The van der Waals surface area contributed by atoms with Crippen LogP contribution in [0.5, 0.6) is 0 Å². The highest BCUT2D eigenvalue weighted by molar-refractivity contribution is 5.80. The van der Waals surface area contributed by atoms with Gasteiger partial charge in [0, 0.05) is 32.0 Å². The molecule has 0 aromatic heterocycles. The van der Waals surface area contributed by atoms with Crippen molar-refractivity contribution in [2.45, 2.75) is 39.0 Å². The third-order valence-corrected chi connectivity index (χ3v) is 4.55. The highest BCUT2D eigenvalue weighted by atomic mass is 19.1. The van der Waals surface area contributed by atoms with Gasteiger partial charge >= 0.3 is 0 Å². The lowest BCUT2D eigenvalue weighted by atomic mass is 9.84. The number of carbonyl (C=O) groups is 2. The van der Waals surface area contributed by atoms with Crippen molar-refractivity contribution in [3.8, 4) is 0 Å². The fourth-order valence-electron chi connectivity index (χ4n) is 3.03. The van der Waals surface area contributed by atoms with E-state index in [1.165, 1.54) is 13.0 Å². The lowest BCUT2D eigenvalue weighted by molar-refractivity contribution is -0.134. The quantitative estimate of drug-likeness (QED) is 0.926. The van der Waals surface area contributed by atoms with Crippen LogP contribution in [0.3, 0.4) is 0 Å². The molecule has 1 saturated heterocycles. The van der Waals surface area contributed by atoms with Crippen LogP contribution < -0.4 is 5.32 Å². The molecule has 5 heteroatoms. The molecule has 1 N–H and O–H groups in total. The average Bonchev–Trinajstić information content (AvgIpc) is 2.53. The molecule has 126 valence electrons. The Morgan fingerprint density at radius 3 is 2.70 bits per heavy atom. The third kappa shape index (κ3) is 4.30. The standard InChI is InChI=1S/C18H25FN2O2/c1-13(22)21-10-6-7-14(11-21)17(23)20-12-18(2,3)15-8-4-5-9-16(15)19/h4-5,8-9,14H,6-7,10-12H2,1-3H3,(H,20,23). The number of amides is 2. The van der Waals surface area contributed by atoms with Gasteiger partial charge in [-0.2, -0.15) is 0 Å². The molecule has 0 saturated carbocycles. The van der Waals surface area contributed by atoms with Gasteiger partial charge in [0.2, 0.25) is 11.8 Å². The average molecular weight is 320 g/mol. The molecule has 0 spiro atoms. The second-order valence-corrected chi connectivity index (χ2v) is 6.89. The number of halogens is 1. The number of nitrogens with zero attached hydrogens (tertiary/aromatic N) is 1. The maximum Gasteiger partial charge on any atom is 0.224 e. The normalized spacial score (nSPS) is 18.6. The second kappa shape index (κ2) is 7.11. The lowest BCUT2D eigenvalue weighted by Crippen LogP contribution is -2.47. The lowest BCUT2D eigenvalue weighted by Gasteiger charge is -2.32. The van der Waals surface area contributed by atoms with Gasteiger partial charge in [-0.05, 0) is 24.5 Å². The summed E-state index contributed by atoms with van der Waals surface area (Å²) in [7, 11) is 0. The Balaban J connectivity index is 1.96. The fourth-order valence-corrected chi connectivity index (χ4v) is 3.03. The van der Waals surface area contributed by atoms with Gasteiger partial charge in [-0.1, -0.05) is 32.0 Å². The topological polar surface area (TPSA) is 49.4 Å². The summed E-state index contributed by atoms with van der Waals surface area (Å²) in [6.45, 7) is 6.91. The number of nitrogens with one attached hydrogen (secondary N) is 1. The Morgan fingerprint density at radius 2 is 2.04 bits per heavy atom. The van der Waals surface area contributed by atoms with Gasteiger partial charge < -0.3 is 10.2 Å². The first-order valence-electron chi connectivity index (χ1n) is 8.09. The molecule has 2 amide bonds. The maximum absolute atomic E-state index is 13.9. The second-order valence-electron chi connectivity index (χ2n) is 6.89. The third-order valence-electron chi connectivity index (χ3n) is 4.55. The van der Waals surface area contributed by atoms with E-state index in [1.54, 1.807) is 23.1 Å². The zero-order valence-electron chi connectivity index (χ0n) is 14.1. The number of carbonyl (C=O) groups excluding carboxylic acids is 2. The van der Waals surface area contributed by atoms with Crippen molar-refractivity contribution >= 4 is 11.8 Å². The number of rotatable bonds is 4. The van der Waals surface area contributed by atoms with Crippen molar-refractivity contribution in [3.63, 3.8) is 0 Å². The smallest absolute Gasteiger partial charge is 0.224 e. The van der Waals surface area contributed by atoms with E-state index in [9.17, 15) is 14.0 Å². The number of hydrogen-bond acceptors (Lipinski definition) is 2. The van der Waals surface area contributed by atoms with Gasteiger partial charge in [0.05, 0.1) is 5.92 Å². The van der Waals surface area contributed by atoms with Crippen molar-refractivity contribution in [1.29, 1.82) is 0 Å². The highest BCUT2D eigenvalue weighted by Gasteiger charge is 2.29. The molecule has 23 heavy (non-hydrogen) atoms. The van der Waals surface area contributed by atoms with Gasteiger partial charge in [-0.25, -0.2) is 4.39 Å². The van der Waals surface area contributed by atoms with E-state index in [0.717, 1.165) is 19.4 Å². The summed E-state index contributed by atoms with van der Waals surface area (Å²) in [5.74, 6) is -0.481. The number of benzene rings is 1. The van der Waals surface area contributed by atoms with Gasteiger partial charge in [0.1, 0.15) is 5.82 Å². The fraction of sp³-hybridized carbons (Fsp3) is 0.556. The van der Waals surface area contributed by atoms with Crippen molar-refractivity contribution in [1.82, 2.24) is 10.2 Å². The monoisotopic (exact) mass is 320 g/mol. The minimum Gasteiger partial charge on any atom is -0.355 e. The Bertz CT molecular complexity index is 586. The van der Waals surface area contributed by atoms with E-state index in [1.807, 2.05) is 13.8 Å². The zero-order chi connectivity index (χ0) is 17.0. The van der Waals surface area contributed by atoms with Crippen LogP contribution in [0.4, 0.5) is 4.39 Å². The molecule has 2 rings (SSSR count). The van der Waals surface area contributed by atoms with Crippen LogP contribution >= 0.6 is 0 Å². The number of piperidine rings is 1. The van der Waals surface area contributed by atoms with E-state index < -0.39 is 5.41 Å². The first-order chi connectivity index (χ1) is 10.8. The molecule has 0 aliphatic carbocycles. The summed E-state index contributed by atoms with van der Waals surface area (Å²) in [6, 6.07) is 6.64. The molecule has 0 bridgehead atoms. The SMILES string of the molecule is CC(=O)N1CCCC(C(=O)NCC(C)(C)c2ccccc2F)C1. The number of likely N-dealkylation sites (tertiary alicyclic amines) is 1. The molecule has 1 aliphatic heterocycles. The van der Waals surface area contributed by atoms with E-state index in [2.05, 4.69) is 5.32 Å². The largest absolute Gasteiger partial charge is 0.355 e. The van der Waals surface area contributed by atoms with E-state index in [0.29, 0.717) is 18.7 Å². The molecule has 1 unspecified atom stereocenters. The van der Waals surface area contributed by atoms with E-state index in [-0.39, 0.29) is 23.5 Å². The maximum atomic E-state index is 13.9. The van der Waals surface area contributed by atoms with E-state index in [4.69, 9.17) is 0 Å². The van der Waals surface area contributed by atoms with Crippen LogP contribution in [0.15, 0.2) is 24.3 Å². The van der Waals surface area contributed by atoms with Crippen molar-refractivity contribution < 1.29 is 14.0 Å². The summed E-state index contributed by atoms with van der Waals surface area (Å²) in [5.41, 5.74) is 0.102. The summed E-state index contributed by atoms with van der Waals surface area (Å²) < 4.78 is 13.9. The first kappa shape index (κ1) is 17.4. The molecule has 1 heterocycles. The predicted molar refractivity (Wildman–Crippen MR) is 87.4 cm³/mol. The Kier molecular flexibility index (Phi) is 5.39. The van der Waals surface area contributed by atoms with Crippen LogP contribution in [0.25, 0.3) is 0 Å². The molecular weight excluding hydrogens is 295 g/mol. The molecule has 1 fully saturated rings. The van der Waals surface area contributed by atoms with Crippen LogP contribution in [-0.4, -0.2) is 36.3 Å². The van der Waals surface area contributed by atoms with Crippen molar-refractivity contribution in [2.75, 3.05) is 19.6 Å². The Labute approximate surface area is 137 Å².